The maximum atomic E-state index is 10.7. The molecule has 104 valence electrons. The maximum absolute atomic E-state index is 10.7. The van der Waals surface area contributed by atoms with E-state index in [9.17, 15) is 4.79 Å². The van der Waals surface area contributed by atoms with Crippen molar-refractivity contribution in [3.05, 3.63) is 54.1 Å². The first-order valence-corrected chi connectivity index (χ1v) is 6.17. The molecule has 0 saturated heterocycles. The van der Waals surface area contributed by atoms with E-state index in [1.807, 2.05) is 6.07 Å². The van der Waals surface area contributed by atoms with Crippen LogP contribution in [0.25, 0.3) is 0 Å². The molecule has 0 atom stereocenters. The standard InChI is InChI=1S/C14H15N3O3/c18-14(19)11-1-3-13(4-2-11)20-8-7-15-9-12-5-6-16-10-17-12/h1-6,10,15H,7-9H2,(H,18,19). The van der Waals surface area contributed by atoms with E-state index in [-0.39, 0.29) is 5.56 Å². The van der Waals surface area contributed by atoms with E-state index in [0.29, 0.717) is 25.4 Å². The molecule has 0 saturated carbocycles. The van der Waals surface area contributed by atoms with E-state index in [4.69, 9.17) is 9.84 Å². The molecule has 1 aromatic heterocycles. The SMILES string of the molecule is O=C(O)c1ccc(OCCNCc2ccncn2)cc1. The van der Waals surface area contributed by atoms with Crippen molar-refractivity contribution < 1.29 is 14.6 Å². The highest BCUT2D eigenvalue weighted by Gasteiger charge is 2.01. The molecule has 1 aromatic carbocycles. The molecule has 20 heavy (non-hydrogen) atoms. The maximum Gasteiger partial charge on any atom is 0.335 e. The lowest BCUT2D eigenvalue weighted by Gasteiger charge is -2.07. The summed E-state index contributed by atoms with van der Waals surface area (Å²) in [6, 6.07) is 8.18. The molecule has 0 aliphatic rings. The van der Waals surface area contributed by atoms with E-state index < -0.39 is 5.97 Å². The molecule has 0 aliphatic carbocycles. The van der Waals surface area contributed by atoms with Gasteiger partial charge in [-0.3, -0.25) is 0 Å². The van der Waals surface area contributed by atoms with Crippen LogP contribution < -0.4 is 10.1 Å². The molecule has 1 heterocycles. The first-order valence-electron chi connectivity index (χ1n) is 6.17. The number of nitrogens with zero attached hydrogens (tertiary/aromatic N) is 2. The lowest BCUT2D eigenvalue weighted by molar-refractivity contribution is 0.0697. The number of carboxylic acid groups (broad SMARTS) is 1. The van der Waals surface area contributed by atoms with Crippen molar-refractivity contribution >= 4 is 5.97 Å². The third kappa shape index (κ3) is 4.33. The molecule has 0 radical (unpaired) electrons. The van der Waals surface area contributed by atoms with Gasteiger partial charge in [-0.2, -0.15) is 0 Å². The normalized spacial score (nSPS) is 10.2. The van der Waals surface area contributed by atoms with E-state index in [1.165, 1.54) is 18.5 Å². The Balaban J connectivity index is 1.67. The first kappa shape index (κ1) is 14.0. The van der Waals surface area contributed by atoms with Gasteiger partial charge in [-0.05, 0) is 30.3 Å². The Morgan fingerprint density at radius 1 is 1.25 bits per heavy atom. The summed E-state index contributed by atoms with van der Waals surface area (Å²) in [4.78, 5) is 18.6. The fourth-order valence-corrected chi connectivity index (χ4v) is 1.57. The molecule has 0 spiro atoms. The lowest BCUT2D eigenvalue weighted by Crippen LogP contribution is -2.21. The van der Waals surface area contributed by atoms with Gasteiger partial charge < -0.3 is 15.2 Å². The van der Waals surface area contributed by atoms with Crippen LogP contribution in [0.15, 0.2) is 42.9 Å². The molecule has 6 heteroatoms. The van der Waals surface area contributed by atoms with Gasteiger partial charge in [-0.1, -0.05) is 0 Å². The van der Waals surface area contributed by atoms with Crippen molar-refractivity contribution in [2.45, 2.75) is 6.54 Å². The van der Waals surface area contributed by atoms with E-state index >= 15 is 0 Å². The average Bonchev–Trinajstić information content (AvgIpc) is 2.48. The van der Waals surface area contributed by atoms with E-state index in [2.05, 4.69) is 15.3 Å². The van der Waals surface area contributed by atoms with Gasteiger partial charge in [0.25, 0.3) is 0 Å². The monoisotopic (exact) mass is 273 g/mol. The predicted octanol–water partition coefficient (Wildman–Crippen LogP) is 1.34. The zero-order valence-corrected chi connectivity index (χ0v) is 10.8. The first-order chi connectivity index (χ1) is 9.75. The second-order valence-electron chi connectivity index (χ2n) is 4.06. The molecule has 0 bridgehead atoms. The minimum absolute atomic E-state index is 0.249. The highest BCUT2D eigenvalue weighted by atomic mass is 16.5. The van der Waals surface area contributed by atoms with E-state index in [0.717, 1.165) is 5.69 Å². The molecule has 0 unspecified atom stereocenters. The fourth-order valence-electron chi connectivity index (χ4n) is 1.57. The van der Waals surface area contributed by atoms with Crippen LogP contribution in [-0.2, 0) is 6.54 Å². The topological polar surface area (TPSA) is 84.3 Å². The lowest BCUT2D eigenvalue weighted by atomic mass is 10.2. The Hall–Kier alpha value is -2.47. The largest absolute Gasteiger partial charge is 0.492 e. The van der Waals surface area contributed by atoms with Gasteiger partial charge in [0.15, 0.2) is 0 Å². The van der Waals surface area contributed by atoms with Crippen LogP contribution in [0, 0.1) is 0 Å². The highest BCUT2D eigenvalue weighted by Crippen LogP contribution is 2.11. The van der Waals surface area contributed by atoms with Gasteiger partial charge in [-0.25, -0.2) is 14.8 Å². The predicted molar refractivity (Wildman–Crippen MR) is 72.6 cm³/mol. The molecular weight excluding hydrogens is 258 g/mol. The second kappa shape index (κ2) is 7.20. The molecule has 0 aliphatic heterocycles. The smallest absolute Gasteiger partial charge is 0.335 e. The van der Waals surface area contributed by atoms with Gasteiger partial charge in [0, 0.05) is 19.3 Å². The molecule has 2 N–H and O–H groups in total. The zero-order valence-electron chi connectivity index (χ0n) is 10.8. The minimum atomic E-state index is -0.942. The summed E-state index contributed by atoms with van der Waals surface area (Å²) in [6.45, 7) is 1.83. The second-order valence-corrected chi connectivity index (χ2v) is 4.06. The molecule has 0 fully saturated rings. The van der Waals surface area contributed by atoms with Crippen LogP contribution in [0.2, 0.25) is 0 Å². The molecule has 2 rings (SSSR count). The fraction of sp³-hybridized carbons (Fsp3) is 0.214. The molecule has 6 nitrogen and oxygen atoms in total. The Bertz CT molecular complexity index is 543. The van der Waals surface area contributed by atoms with Crippen molar-refractivity contribution in [2.75, 3.05) is 13.2 Å². The zero-order chi connectivity index (χ0) is 14.2. The Labute approximate surface area is 116 Å². The van der Waals surface area contributed by atoms with Crippen molar-refractivity contribution in [1.82, 2.24) is 15.3 Å². The number of hydrogen-bond donors (Lipinski definition) is 2. The van der Waals surface area contributed by atoms with Crippen molar-refractivity contribution in [1.29, 1.82) is 0 Å². The number of benzene rings is 1. The average molecular weight is 273 g/mol. The van der Waals surface area contributed by atoms with Gasteiger partial charge in [-0.15, -0.1) is 0 Å². The molecule has 0 amide bonds. The highest BCUT2D eigenvalue weighted by molar-refractivity contribution is 5.87. The number of ether oxygens (including phenoxy) is 1. The van der Waals surface area contributed by atoms with Crippen LogP contribution in [0.5, 0.6) is 5.75 Å². The minimum Gasteiger partial charge on any atom is -0.492 e. The Kier molecular flexibility index (Phi) is 5.02. The summed E-state index contributed by atoms with van der Waals surface area (Å²) in [5.41, 5.74) is 1.17. The van der Waals surface area contributed by atoms with Crippen molar-refractivity contribution in [2.24, 2.45) is 0 Å². The van der Waals surface area contributed by atoms with E-state index in [1.54, 1.807) is 18.3 Å². The van der Waals surface area contributed by atoms with Gasteiger partial charge in [0.05, 0.1) is 11.3 Å². The van der Waals surface area contributed by atoms with Crippen LogP contribution in [0.1, 0.15) is 16.1 Å². The Morgan fingerprint density at radius 2 is 2.05 bits per heavy atom. The molecular formula is C14H15N3O3. The summed E-state index contributed by atoms with van der Waals surface area (Å²) in [7, 11) is 0. The summed E-state index contributed by atoms with van der Waals surface area (Å²) < 4.78 is 5.49. The van der Waals surface area contributed by atoms with Crippen LogP contribution >= 0.6 is 0 Å². The number of carboxylic acids is 1. The third-order valence-corrected chi connectivity index (χ3v) is 2.60. The van der Waals surface area contributed by atoms with Crippen LogP contribution in [-0.4, -0.2) is 34.2 Å². The quantitative estimate of drug-likeness (QED) is 0.741. The van der Waals surface area contributed by atoms with Crippen molar-refractivity contribution in [3.63, 3.8) is 0 Å². The summed E-state index contributed by atoms with van der Waals surface area (Å²) in [6.07, 6.45) is 3.21. The number of carbonyl (C=O) groups is 1. The summed E-state index contributed by atoms with van der Waals surface area (Å²) in [5.74, 6) is -0.290. The Morgan fingerprint density at radius 3 is 2.70 bits per heavy atom. The van der Waals surface area contributed by atoms with Gasteiger partial charge in [0.1, 0.15) is 18.7 Å². The van der Waals surface area contributed by atoms with Crippen LogP contribution in [0.3, 0.4) is 0 Å². The van der Waals surface area contributed by atoms with Crippen LogP contribution in [0.4, 0.5) is 0 Å². The number of nitrogens with one attached hydrogen (secondary N) is 1. The number of aromatic carboxylic acids is 1. The number of rotatable bonds is 7. The molecule has 2 aromatic rings. The van der Waals surface area contributed by atoms with Gasteiger partial charge >= 0.3 is 5.97 Å². The summed E-state index contributed by atoms with van der Waals surface area (Å²) >= 11 is 0. The third-order valence-electron chi connectivity index (χ3n) is 2.60. The van der Waals surface area contributed by atoms with Crippen molar-refractivity contribution in [3.8, 4) is 5.75 Å². The number of hydrogen-bond acceptors (Lipinski definition) is 5. The van der Waals surface area contributed by atoms with Gasteiger partial charge in [0.2, 0.25) is 0 Å². The summed E-state index contributed by atoms with van der Waals surface area (Å²) in [5, 5.41) is 12.0. The number of aromatic nitrogens is 2.